The van der Waals surface area contributed by atoms with Crippen LogP contribution in [0.15, 0.2) is 54.6 Å². The maximum absolute atomic E-state index is 13.6. The lowest BCUT2D eigenvalue weighted by Crippen LogP contribution is -2.53. The molecule has 45 heavy (non-hydrogen) atoms. The molecule has 3 aliphatic rings. The zero-order valence-corrected chi connectivity index (χ0v) is 24.6. The molecule has 2 aliphatic carbocycles. The summed E-state index contributed by atoms with van der Waals surface area (Å²) in [6.45, 7) is 3.09. The largest absolute Gasteiger partial charge is 0.507 e. The fourth-order valence-corrected chi connectivity index (χ4v) is 6.43. The van der Waals surface area contributed by atoms with E-state index in [0.717, 1.165) is 0 Å². The second-order valence-electron chi connectivity index (χ2n) is 11.9. The Morgan fingerprint density at radius 3 is 2.24 bits per heavy atom. The lowest BCUT2D eigenvalue weighted by Gasteiger charge is -2.44. The van der Waals surface area contributed by atoms with Gasteiger partial charge in [0.05, 0.1) is 29.4 Å². The van der Waals surface area contributed by atoms with E-state index in [4.69, 9.17) is 19.9 Å². The Labute approximate surface area is 258 Å². The number of nitrogens with one attached hydrogen (secondary N) is 1. The van der Waals surface area contributed by atoms with Gasteiger partial charge in [-0.15, -0.1) is 0 Å². The van der Waals surface area contributed by atoms with Crippen LogP contribution in [0.3, 0.4) is 0 Å². The summed E-state index contributed by atoms with van der Waals surface area (Å²) in [6, 6.07) is 13.9. The topological polar surface area (TPSA) is 198 Å². The number of fused-ring (bicyclic) bond motifs is 3. The molecule has 3 aromatic rings. The van der Waals surface area contributed by atoms with Gasteiger partial charge in [-0.1, -0.05) is 42.5 Å². The van der Waals surface area contributed by atoms with Crippen LogP contribution < -0.4 is 11.1 Å². The Balaban J connectivity index is 1.41. The average Bonchev–Trinajstić information content (AvgIpc) is 3.00. The van der Waals surface area contributed by atoms with Crippen LogP contribution in [0.4, 0.5) is 10.5 Å². The number of rotatable bonds is 5. The Morgan fingerprint density at radius 2 is 1.62 bits per heavy atom. The van der Waals surface area contributed by atoms with E-state index in [1.165, 1.54) is 19.1 Å². The van der Waals surface area contributed by atoms with Crippen LogP contribution in [-0.4, -0.2) is 74.3 Å². The van der Waals surface area contributed by atoms with Crippen molar-refractivity contribution in [2.45, 2.75) is 75.5 Å². The standard InChI is InChI=1S/C33H34N2O10/c1-15-27(36)21(34)12-23(43-15)45-22-14-33(42,16(2)44-32(41)35-17-8-4-3-5-9-17)13-20-24(22)31(40)26-25(30(20)39)28(37)18-10-6-7-11-19(18)29(26)38/h3-11,15-16,21-23,27,36,39-40,42H,12-14,34H2,1-2H3,(H,35,41)/t15-,16?,21+,22+,23+,27+,33?/m1/s1. The fourth-order valence-electron chi connectivity index (χ4n) is 6.43. The van der Waals surface area contributed by atoms with Gasteiger partial charge in [0.1, 0.15) is 23.2 Å². The molecule has 1 amide bonds. The van der Waals surface area contributed by atoms with E-state index in [0.29, 0.717) is 5.69 Å². The molecule has 12 heteroatoms. The molecule has 1 saturated heterocycles. The molecule has 0 saturated carbocycles. The maximum Gasteiger partial charge on any atom is 0.411 e. The van der Waals surface area contributed by atoms with Crippen molar-refractivity contribution in [1.82, 2.24) is 0 Å². The van der Waals surface area contributed by atoms with Crippen molar-refractivity contribution < 1.29 is 49.0 Å². The van der Waals surface area contributed by atoms with Crippen LogP contribution in [0.1, 0.15) is 75.8 Å². The van der Waals surface area contributed by atoms with Gasteiger partial charge < -0.3 is 40.4 Å². The van der Waals surface area contributed by atoms with E-state index in [1.807, 2.05) is 0 Å². The van der Waals surface area contributed by atoms with E-state index in [-0.39, 0.29) is 52.6 Å². The third-order valence-electron chi connectivity index (χ3n) is 8.93. The average molecular weight is 619 g/mol. The van der Waals surface area contributed by atoms with Gasteiger partial charge in [0, 0.05) is 53.2 Å². The first kappa shape index (κ1) is 30.7. The number of amides is 1. The minimum absolute atomic E-state index is 0.00617. The number of carbonyl (C=O) groups excluding carboxylic acids is 3. The van der Waals surface area contributed by atoms with Crippen LogP contribution in [0.5, 0.6) is 11.5 Å². The smallest absolute Gasteiger partial charge is 0.411 e. The predicted octanol–water partition coefficient (Wildman–Crippen LogP) is 3.07. The molecule has 0 radical (unpaired) electrons. The molecule has 0 spiro atoms. The van der Waals surface area contributed by atoms with E-state index in [2.05, 4.69) is 5.32 Å². The summed E-state index contributed by atoms with van der Waals surface area (Å²) in [7, 11) is 0. The molecular formula is C33H34N2O10. The summed E-state index contributed by atoms with van der Waals surface area (Å²) in [5.41, 5.74) is 4.02. The minimum atomic E-state index is -1.88. The molecule has 7 N–H and O–H groups in total. The number of hydrogen-bond acceptors (Lipinski definition) is 11. The number of anilines is 1. The first-order valence-corrected chi connectivity index (χ1v) is 14.7. The van der Waals surface area contributed by atoms with E-state index in [1.54, 1.807) is 49.4 Å². The van der Waals surface area contributed by atoms with Gasteiger partial charge in [-0.3, -0.25) is 14.9 Å². The lowest BCUT2D eigenvalue weighted by molar-refractivity contribution is -0.250. The quantitative estimate of drug-likeness (QED) is 0.180. The molecule has 2 unspecified atom stereocenters. The van der Waals surface area contributed by atoms with Crippen molar-refractivity contribution in [3.05, 3.63) is 88.0 Å². The molecule has 3 aromatic carbocycles. The number of aromatic hydroxyl groups is 2. The van der Waals surface area contributed by atoms with Crippen LogP contribution >= 0.6 is 0 Å². The Bertz CT molecular complexity index is 1670. The Morgan fingerprint density at radius 1 is 1.02 bits per heavy atom. The summed E-state index contributed by atoms with van der Waals surface area (Å²) >= 11 is 0. The van der Waals surface area contributed by atoms with Crippen molar-refractivity contribution in [3.8, 4) is 11.5 Å². The van der Waals surface area contributed by atoms with Gasteiger partial charge in [0.15, 0.2) is 17.9 Å². The zero-order chi connectivity index (χ0) is 32.2. The third kappa shape index (κ3) is 5.34. The zero-order valence-electron chi connectivity index (χ0n) is 24.6. The number of para-hydroxylation sites is 1. The molecule has 236 valence electrons. The van der Waals surface area contributed by atoms with E-state index in [9.17, 15) is 34.8 Å². The highest BCUT2D eigenvalue weighted by Crippen LogP contribution is 2.52. The monoisotopic (exact) mass is 618 g/mol. The van der Waals surface area contributed by atoms with Gasteiger partial charge in [-0.05, 0) is 26.0 Å². The second kappa shape index (κ2) is 11.5. The molecule has 6 rings (SSSR count). The summed E-state index contributed by atoms with van der Waals surface area (Å²) in [5.74, 6) is -2.49. The Hall–Kier alpha value is -4.33. The summed E-state index contributed by atoms with van der Waals surface area (Å²) in [4.78, 5) is 39.9. The van der Waals surface area contributed by atoms with E-state index >= 15 is 0 Å². The maximum atomic E-state index is 13.6. The number of phenolic OH excluding ortho intramolecular Hbond substituents is 2. The van der Waals surface area contributed by atoms with Gasteiger partial charge in [0.25, 0.3) is 0 Å². The highest BCUT2D eigenvalue weighted by atomic mass is 16.7. The number of phenols is 2. The van der Waals surface area contributed by atoms with Gasteiger partial charge in [-0.25, -0.2) is 4.79 Å². The van der Waals surface area contributed by atoms with Gasteiger partial charge in [-0.2, -0.15) is 0 Å². The molecule has 7 atom stereocenters. The molecule has 12 nitrogen and oxygen atoms in total. The number of aliphatic hydroxyl groups is 2. The van der Waals surface area contributed by atoms with E-state index < -0.39 is 71.5 Å². The van der Waals surface area contributed by atoms with Crippen LogP contribution in [0.2, 0.25) is 0 Å². The van der Waals surface area contributed by atoms with Crippen molar-refractivity contribution in [2.75, 3.05) is 5.32 Å². The SMILES string of the molecule is CC(OC(=O)Nc1ccccc1)C1(O)Cc2c(O)c3c(c(O)c2[C@@H](O[C@H]2C[C@H](N)[C@@H](O)[C@@H](C)O2)C1)C(=O)c1ccccc1C3=O. The van der Waals surface area contributed by atoms with Crippen LogP contribution in [-0.2, 0) is 20.6 Å². The first-order chi connectivity index (χ1) is 21.4. The molecule has 1 fully saturated rings. The third-order valence-corrected chi connectivity index (χ3v) is 8.93. The number of nitrogens with two attached hydrogens (primary N) is 1. The molecule has 1 aliphatic heterocycles. The number of ether oxygens (including phenoxy) is 3. The summed E-state index contributed by atoms with van der Waals surface area (Å²) in [5, 5.41) is 48.1. The van der Waals surface area contributed by atoms with Crippen molar-refractivity contribution in [2.24, 2.45) is 5.73 Å². The molecule has 0 bridgehead atoms. The second-order valence-corrected chi connectivity index (χ2v) is 11.9. The molecule has 1 heterocycles. The normalized spacial score (nSPS) is 28.0. The summed E-state index contributed by atoms with van der Waals surface area (Å²) < 4.78 is 17.6. The van der Waals surface area contributed by atoms with Crippen molar-refractivity contribution >= 4 is 23.3 Å². The number of aliphatic hydroxyl groups excluding tert-OH is 1. The number of ketones is 2. The van der Waals surface area contributed by atoms with Crippen molar-refractivity contribution in [3.63, 3.8) is 0 Å². The van der Waals surface area contributed by atoms with Crippen LogP contribution in [0, 0.1) is 0 Å². The fraction of sp³-hybridized carbons (Fsp3) is 0.364. The number of hydrogen-bond donors (Lipinski definition) is 6. The number of carbonyl (C=O) groups is 3. The number of benzene rings is 3. The lowest BCUT2D eigenvalue weighted by atomic mass is 9.71. The first-order valence-electron chi connectivity index (χ1n) is 14.7. The van der Waals surface area contributed by atoms with Crippen LogP contribution in [0.25, 0.3) is 0 Å². The van der Waals surface area contributed by atoms with Crippen molar-refractivity contribution in [1.29, 1.82) is 0 Å². The van der Waals surface area contributed by atoms with Gasteiger partial charge >= 0.3 is 6.09 Å². The molecular weight excluding hydrogens is 584 g/mol. The predicted molar refractivity (Wildman–Crippen MR) is 159 cm³/mol. The highest BCUT2D eigenvalue weighted by molar-refractivity contribution is 6.30. The summed E-state index contributed by atoms with van der Waals surface area (Å²) in [6.07, 6.45) is -6.49. The van der Waals surface area contributed by atoms with Gasteiger partial charge in [0.2, 0.25) is 0 Å². The minimum Gasteiger partial charge on any atom is -0.507 e. The molecule has 0 aromatic heterocycles. The highest BCUT2D eigenvalue weighted by Gasteiger charge is 2.50. The Kier molecular flexibility index (Phi) is 7.88.